The molecule has 2 nitrogen and oxygen atoms in total. The van der Waals surface area contributed by atoms with E-state index in [2.05, 4.69) is 19.1 Å². The summed E-state index contributed by atoms with van der Waals surface area (Å²) in [7, 11) is 0. The number of rotatable bonds is 11. The predicted molar refractivity (Wildman–Crippen MR) is 81.5 cm³/mol. The highest BCUT2D eigenvalue weighted by Crippen LogP contribution is 2.07. The van der Waals surface area contributed by atoms with Crippen molar-refractivity contribution in [3.05, 3.63) is 35.9 Å². The molecule has 0 spiro atoms. The summed E-state index contributed by atoms with van der Waals surface area (Å²) in [5.74, 6) is 0. The fourth-order valence-corrected chi connectivity index (χ4v) is 2.27. The van der Waals surface area contributed by atoms with Gasteiger partial charge in [0, 0.05) is 13.1 Å². The lowest BCUT2D eigenvalue weighted by atomic mass is 10.1. The van der Waals surface area contributed by atoms with Gasteiger partial charge in [-0.1, -0.05) is 75.8 Å². The minimum Gasteiger partial charge on any atom is -0.314 e. The summed E-state index contributed by atoms with van der Waals surface area (Å²) in [6, 6.07) is 10.3. The van der Waals surface area contributed by atoms with Crippen LogP contribution in [0, 0.1) is 0 Å². The molecule has 1 rings (SSSR count). The van der Waals surface area contributed by atoms with Crippen LogP contribution in [0.15, 0.2) is 30.3 Å². The van der Waals surface area contributed by atoms with Gasteiger partial charge in [-0.15, -0.1) is 0 Å². The molecule has 0 aliphatic heterocycles. The second kappa shape index (κ2) is 11.0. The fourth-order valence-electron chi connectivity index (χ4n) is 2.27. The Morgan fingerprint density at radius 2 is 1.47 bits per heavy atom. The van der Waals surface area contributed by atoms with E-state index in [0.29, 0.717) is 0 Å². The maximum Gasteiger partial charge on any atom is 0.0278 e. The van der Waals surface area contributed by atoms with Gasteiger partial charge in [-0.05, 0) is 18.4 Å². The van der Waals surface area contributed by atoms with Crippen LogP contribution in [0.2, 0.25) is 0 Å². The van der Waals surface area contributed by atoms with Crippen LogP contribution in [0.4, 0.5) is 0 Å². The van der Waals surface area contributed by atoms with E-state index in [1.54, 1.807) is 0 Å². The molecule has 0 amide bonds. The van der Waals surface area contributed by atoms with Crippen LogP contribution in [0.3, 0.4) is 0 Å². The maximum absolute atomic E-state index is 9.78. The first-order valence-electron chi connectivity index (χ1n) is 7.80. The van der Waals surface area contributed by atoms with E-state index in [0.717, 1.165) is 25.9 Å². The number of nitrogens with zero attached hydrogens (tertiary/aromatic N) is 1. The zero-order valence-corrected chi connectivity index (χ0v) is 12.4. The van der Waals surface area contributed by atoms with E-state index in [4.69, 9.17) is 0 Å². The van der Waals surface area contributed by atoms with Crippen molar-refractivity contribution in [2.45, 2.75) is 58.3 Å². The van der Waals surface area contributed by atoms with Gasteiger partial charge in [0.2, 0.25) is 0 Å². The van der Waals surface area contributed by atoms with Crippen molar-refractivity contribution < 1.29 is 5.21 Å². The van der Waals surface area contributed by atoms with Gasteiger partial charge in [0.25, 0.3) is 0 Å². The van der Waals surface area contributed by atoms with Crippen LogP contribution < -0.4 is 0 Å². The Kier molecular flexibility index (Phi) is 9.38. The molecule has 1 aromatic rings. The van der Waals surface area contributed by atoms with Gasteiger partial charge in [-0.3, -0.25) is 0 Å². The predicted octanol–water partition coefficient (Wildman–Crippen LogP) is 4.67. The van der Waals surface area contributed by atoms with Crippen molar-refractivity contribution in [1.29, 1.82) is 0 Å². The van der Waals surface area contributed by atoms with Crippen molar-refractivity contribution in [2.75, 3.05) is 13.1 Å². The summed E-state index contributed by atoms with van der Waals surface area (Å²) in [6.07, 6.45) is 9.98. The van der Waals surface area contributed by atoms with E-state index in [-0.39, 0.29) is 0 Å². The van der Waals surface area contributed by atoms with Crippen molar-refractivity contribution >= 4 is 0 Å². The third-order valence-corrected chi connectivity index (χ3v) is 3.52. The molecule has 0 atom stereocenters. The van der Waals surface area contributed by atoms with Gasteiger partial charge in [0.1, 0.15) is 0 Å². The molecule has 1 N–H and O–H groups in total. The van der Waals surface area contributed by atoms with E-state index >= 15 is 0 Å². The molecule has 0 heterocycles. The lowest BCUT2D eigenvalue weighted by Crippen LogP contribution is -2.23. The molecular weight excluding hydrogens is 234 g/mol. The average molecular weight is 263 g/mol. The second-order valence-electron chi connectivity index (χ2n) is 5.31. The summed E-state index contributed by atoms with van der Waals surface area (Å²) < 4.78 is 0. The van der Waals surface area contributed by atoms with Crippen molar-refractivity contribution in [1.82, 2.24) is 5.06 Å². The Morgan fingerprint density at radius 1 is 0.842 bits per heavy atom. The SMILES string of the molecule is CCCCCCCCCN(O)CCc1ccccc1. The van der Waals surface area contributed by atoms with Gasteiger partial charge in [0.05, 0.1) is 0 Å². The molecule has 0 aliphatic rings. The summed E-state index contributed by atoms with van der Waals surface area (Å²) in [5, 5.41) is 11.3. The summed E-state index contributed by atoms with van der Waals surface area (Å²) in [5.41, 5.74) is 1.29. The van der Waals surface area contributed by atoms with Gasteiger partial charge >= 0.3 is 0 Å². The molecule has 0 saturated carbocycles. The monoisotopic (exact) mass is 263 g/mol. The number of hydrogen-bond acceptors (Lipinski definition) is 2. The lowest BCUT2D eigenvalue weighted by molar-refractivity contribution is -0.0905. The summed E-state index contributed by atoms with van der Waals surface area (Å²) in [4.78, 5) is 0. The molecule has 0 fully saturated rings. The molecule has 0 radical (unpaired) electrons. The molecule has 1 aromatic carbocycles. The van der Waals surface area contributed by atoms with Gasteiger partial charge in [-0.25, -0.2) is 0 Å². The van der Waals surface area contributed by atoms with E-state index in [1.165, 1.54) is 49.2 Å². The minimum absolute atomic E-state index is 0.736. The first-order valence-corrected chi connectivity index (χ1v) is 7.80. The maximum atomic E-state index is 9.78. The van der Waals surface area contributed by atoms with Crippen LogP contribution in [0.5, 0.6) is 0 Å². The molecular formula is C17H29NO. The Morgan fingerprint density at radius 3 is 2.16 bits per heavy atom. The second-order valence-corrected chi connectivity index (χ2v) is 5.31. The summed E-state index contributed by atoms with van der Waals surface area (Å²) in [6.45, 7) is 3.79. The number of hydroxylamine groups is 2. The molecule has 0 saturated heterocycles. The highest BCUT2D eigenvalue weighted by atomic mass is 16.5. The average Bonchev–Trinajstić information content (AvgIpc) is 2.45. The third kappa shape index (κ3) is 8.79. The standard InChI is InChI=1S/C17H29NO/c1-2-3-4-5-6-7-11-15-18(19)16-14-17-12-9-8-10-13-17/h8-10,12-13,19H,2-7,11,14-16H2,1H3. The Hall–Kier alpha value is -0.860. The zero-order chi connectivity index (χ0) is 13.8. The minimum atomic E-state index is 0.736. The highest BCUT2D eigenvalue weighted by Gasteiger charge is 2.01. The smallest absolute Gasteiger partial charge is 0.0278 e. The quantitative estimate of drug-likeness (QED) is 0.463. The molecule has 0 bridgehead atoms. The third-order valence-electron chi connectivity index (χ3n) is 3.52. The normalized spacial score (nSPS) is 11.1. The van der Waals surface area contributed by atoms with Gasteiger partial charge in [-0.2, -0.15) is 5.06 Å². The highest BCUT2D eigenvalue weighted by molar-refractivity contribution is 5.14. The van der Waals surface area contributed by atoms with Crippen LogP contribution >= 0.6 is 0 Å². The van der Waals surface area contributed by atoms with Gasteiger partial charge in [0.15, 0.2) is 0 Å². The molecule has 19 heavy (non-hydrogen) atoms. The Balaban J connectivity index is 1.95. The number of unbranched alkanes of at least 4 members (excludes halogenated alkanes) is 6. The molecule has 108 valence electrons. The Labute approximate surface area is 118 Å². The van der Waals surface area contributed by atoms with E-state index < -0.39 is 0 Å². The van der Waals surface area contributed by atoms with Crippen LogP contribution in [0.25, 0.3) is 0 Å². The first kappa shape index (κ1) is 16.2. The van der Waals surface area contributed by atoms with Crippen LogP contribution in [0.1, 0.15) is 57.4 Å². The molecule has 0 aromatic heterocycles. The summed E-state index contributed by atoms with van der Waals surface area (Å²) >= 11 is 0. The number of hydrogen-bond donors (Lipinski definition) is 1. The van der Waals surface area contributed by atoms with Crippen molar-refractivity contribution in [3.8, 4) is 0 Å². The Bertz CT molecular complexity index is 299. The largest absolute Gasteiger partial charge is 0.314 e. The fraction of sp³-hybridized carbons (Fsp3) is 0.647. The first-order chi connectivity index (χ1) is 9.33. The lowest BCUT2D eigenvalue weighted by Gasteiger charge is -2.14. The molecule has 2 heteroatoms. The van der Waals surface area contributed by atoms with Crippen molar-refractivity contribution in [2.24, 2.45) is 0 Å². The topological polar surface area (TPSA) is 23.5 Å². The van der Waals surface area contributed by atoms with E-state index in [1.807, 2.05) is 18.2 Å². The zero-order valence-electron chi connectivity index (χ0n) is 12.4. The van der Waals surface area contributed by atoms with Crippen LogP contribution in [-0.4, -0.2) is 23.4 Å². The van der Waals surface area contributed by atoms with Gasteiger partial charge < -0.3 is 5.21 Å². The number of benzene rings is 1. The van der Waals surface area contributed by atoms with Crippen LogP contribution in [-0.2, 0) is 6.42 Å². The van der Waals surface area contributed by atoms with Crippen molar-refractivity contribution in [3.63, 3.8) is 0 Å². The molecule has 0 aliphatic carbocycles. The molecule has 0 unspecified atom stereocenters. The van der Waals surface area contributed by atoms with E-state index in [9.17, 15) is 5.21 Å².